The quantitative estimate of drug-likeness (QED) is 0.568. The van der Waals surface area contributed by atoms with Crippen molar-refractivity contribution in [1.29, 1.82) is 0 Å². The van der Waals surface area contributed by atoms with Gasteiger partial charge in [-0.25, -0.2) is 0 Å². The van der Waals surface area contributed by atoms with Gasteiger partial charge < -0.3 is 4.90 Å². The van der Waals surface area contributed by atoms with Crippen LogP contribution >= 0.6 is 0 Å². The van der Waals surface area contributed by atoms with Gasteiger partial charge in [-0.05, 0) is 5.92 Å². The average Bonchev–Trinajstić information content (AvgIpc) is 2.14. The first-order valence-corrected chi connectivity index (χ1v) is 5.25. The molecule has 0 aliphatic rings. The highest BCUT2D eigenvalue weighted by atomic mass is 19.4. The highest BCUT2D eigenvalue weighted by Gasteiger charge is 2.32. The fourth-order valence-electron chi connectivity index (χ4n) is 1.27. The Hall–Kier alpha value is -1.22. The second kappa shape index (κ2) is 7.17. The second-order valence-electron chi connectivity index (χ2n) is 4.09. The van der Waals surface area contributed by atoms with Gasteiger partial charge in [-0.1, -0.05) is 19.8 Å². The number of nitrogens with zero attached hydrogens (tertiary/aromatic N) is 1. The lowest BCUT2D eigenvalue weighted by Gasteiger charge is -2.25. The Balaban J connectivity index is 4.36. The minimum absolute atomic E-state index is 0.0195. The number of nitrogens with one attached hydrogen (secondary N) is 1. The van der Waals surface area contributed by atoms with Crippen molar-refractivity contribution in [3.63, 3.8) is 0 Å². The third-order valence-electron chi connectivity index (χ3n) is 1.81. The molecule has 0 aromatic rings. The summed E-state index contributed by atoms with van der Waals surface area (Å²) >= 11 is 0. The molecule has 0 unspecified atom stereocenters. The molecule has 0 spiro atoms. The summed E-state index contributed by atoms with van der Waals surface area (Å²) < 4.78 is 36.8. The molecule has 0 saturated heterocycles. The third-order valence-corrected chi connectivity index (χ3v) is 1.81. The molecule has 98 valence electrons. The number of carbonyl (C=O) groups excluding carboxylic acids is 1. The molecule has 0 atom stereocenters. The van der Waals surface area contributed by atoms with Crippen LogP contribution in [-0.4, -0.2) is 43.2 Å². The molecule has 0 aromatic heterocycles. The Labute approximate surface area is 99.4 Å². The maximum Gasteiger partial charge on any atom is 0.406 e. The monoisotopic (exact) mass is 250 g/mol. The smallest absolute Gasteiger partial charge is 0.332 e. The number of alkyl halides is 3. The van der Waals surface area contributed by atoms with Crippen molar-refractivity contribution < 1.29 is 18.0 Å². The molecule has 0 aliphatic heterocycles. The summed E-state index contributed by atoms with van der Waals surface area (Å²) in [5, 5.41) is 2.58. The van der Waals surface area contributed by atoms with Gasteiger partial charge >= 0.3 is 6.18 Å². The van der Waals surface area contributed by atoms with E-state index in [0.717, 1.165) is 4.90 Å². The molecule has 6 heteroatoms. The van der Waals surface area contributed by atoms with E-state index >= 15 is 0 Å². The lowest BCUT2D eigenvalue weighted by atomic mass is 10.2. The first-order valence-electron chi connectivity index (χ1n) is 5.25. The normalized spacial score (nSPS) is 11.4. The summed E-state index contributed by atoms with van der Waals surface area (Å²) in [6, 6.07) is 0. The van der Waals surface area contributed by atoms with Gasteiger partial charge in [-0.2, -0.15) is 13.2 Å². The van der Waals surface area contributed by atoms with Gasteiger partial charge in [0.05, 0.1) is 13.1 Å². The molecule has 0 saturated carbocycles. The molecular weight excluding hydrogens is 233 g/mol. The van der Waals surface area contributed by atoms with Gasteiger partial charge in [0.25, 0.3) is 0 Å². The molecule has 0 heterocycles. The maximum atomic E-state index is 12.3. The van der Waals surface area contributed by atoms with Crippen LogP contribution in [0.1, 0.15) is 13.8 Å². The fourth-order valence-corrected chi connectivity index (χ4v) is 1.27. The Bertz CT molecular complexity index is 281. The van der Waals surface area contributed by atoms with Gasteiger partial charge in [-0.3, -0.25) is 10.1 Å². The van der Waals surface area contributed by atoms with Crippen LogP contribution in [0.5, 0.6) is 0 Å². The first-order chi connectivity index (χ1) is 7.76. The number of terminal acetylenes is 1. The lowest BCUT2D eigenvalue weighted by Crippen LogP contribution is -2.45. The van der Waals surface area contributed by atoms with Crippen molar-refractivity contribution in [2.75, 3.05) is 26.2 Å². The highest BCUT2D eigenvalue weighted by Crippen LogP contribution is 2.17. The van der Waals surface area contributed by atoms with E-state index < -0.39 is 18.6 Å². The van der Waals surface area contributed by atoms with Crippen molar-refractivity contribution >= 4 is 5.91 Å². The van der Waals surface area contributed by atoms with Crippen LogP contribution in [-0.2, 0) is 4.79 Å². The number of amides is 1. The number of halogens is 3. The summed E-state index contributed by atoms with van der Waals surface area (Å²) in [4.78, 5) is 12.3. The minimum atomic E-state index is -4.38. The molecule has 1 amide bonds. The topological polar surface area (TPSA) is 32.3 Å². The number of carbonyl (C=O) groups is 1. The zero-order chi connectivity index (χ0) is 13.5. The number of hydrogen-bond donors (Lipinski definition) is 1. The second-order valence-corrected chi connectivity index (χ2v) is 4.09. The predicted octanol–water partition coefficient (Wildman–Crippen LogP) is 1.26. The fraction of sp³-hybridized carbons (Fsp3) is 0.727. The summed E-state index contributed by atoms with van der Waals surface area (Å²) in [6.07, 6.45) is 0.578. The van der Waals surface area contributed by atoms with E-state index in [0.29, 0.717) is 0 Å². The summed E-state index contributed by atoms with van der Waals surface area (Å²) in [7, 11) is 0. The van der Waals surface area contributed by atoms with Gasteiger partial charge in [0.2, 0.25) is 5.91 Å². The average molecular weight is 250 g/mol. The largest absolute Gasteiger partial charge is 0.406 e. The zero-order valence-electron chi connectivity index (χ0n) is 9.97. The Morgan fingerprint density at radius 2 is 2.06 bits per heavy atom. The molecule has 1 N–H and O–H groups in total. The van der Waals surface area contributed by atoms with Crippen LogP contribution in [0.25, 0.3) is 0 Å². The molecule has 3 nitrogen and oxygen atoms in total. The maximum absolute atomic E-state index is 12.3. The van der Waals surface area contributed by atoms with E-state index in [1.807, 2.05) is 0 Å². The van der Waals surface area contributed by atoms with Crippen LogP contribution < -0.4 is 5.32 Å². The van der Waals surface area contributed by atoms with E-state index in [-0.39, 0.29) is 25.6 Å². The van der Waals surface area contributed by atoms with E-state index in [1.165, 1.54) is 0 Å². The Kier molecular flexibility index (Phi) is 6.66. The molecule has 17 heavy (non-hydrogen) atoms. The zero-order valence-corrected chi connectivity index (χ0v) is 9.97. The van der Waals surface area contributed by atoms with Crippen LogP contribution in [0.15, 0.2) is 0 Å². The first kappa shape index (κ1) is 15.8. The Morgan fingerprint density at radius 3 is 2.47 bits per heavy atom. The lowest BCUT2D eigenvalue weighted by molar-refractivity contribution is -0.161. The predicted molar refractivity (Wildman–Crippen MR) is 59.2 cm³/mol. The van der Waals surface area contributed by atoms with Gasteiger partial charge in [0, 0.05) is 6.54 Å². The molecule has 0 bridgehead atoms. The van der Waals surface area contributed by atoms with Gasteiger partial charge in [0.15, 0.2) is 0 Å². The minimum Gasteiger partial charge on any atom is -0.332 e. The van der Waals surface area contributed by atoms with Crippen molar-refractivity contribution in [2.24, 2.45) is 5.92 Å². The van der Waals surface area contributed by atoms with E-state index in [2.05, 4.69) is 11.2 Å². The standard InChI is InChI=1S/C11H17F3N2O/c1-4-5-15-6-10(17)16(7-9(2)3)8-11(12,13)14/h1,9,15H,5-8H2,2-3H3. The van der Waals surface area contributed by atoms with Crippen molar-refractivity contribution in [2.45, 2.75) is 20.0 Å². The number of hydrogen-bond acceptors (Lipinski definition) is 2. The molecule has 0 fully saturated rings. The summed E-state index contributed by atoms with van der Waals surface area (Å²) in [6.45, 7) is 2.36. The number of rotatable bonds is 6. The SMILES string of the molecule is C#CCNCC(=O)N(CC(C)C)CC(F)(F)F. The summed E-state index contributed by atoms with van der Waals surface area (Å²) in [5.74, 6) is 1.64. The van der Waals surface area contributed by atoms with Crippen LogP contribution in [0.3, 0.4) is 0 Å². The van der Waals surface area contributed by atoms with Crippen molar-refractivity contribution in [3.05, 3.63) is 0 Å². The van der Waals surface area contributed by atoms with Crippen molar-refractivity contribution in [1.82, 2.24) is 10.2 Å². The highest BCUT2D eigenvalue weighted by molar-refractivity contribution is 5.78. The van der Waals surface area contributed by atoms with Crippen LogP contribution in [0.2, 0.25) is 0 Å². The van der Waals surface area contributed by atoms with Crippen LogP contribution in [0, 0.1) is 18.3 Å². The van der Waals surface area contributed by atoms with Gasteiger partial charge in [0.1, 0.15) is 6.54 Å². The van der Waals surface area contributed by atoms with E-state index in [1.54, 1.807) is 13.8 Å². The molecule has 0 radical (unpaired) electrons. The van der Waals surface area contributed by atoms with E-state index in [9.17, 15) is 18.0 Å². The summed E-state index contributed by atoms with van der Waals surface area (Å²) in [5.41, 5.74) is 0. The van der Waals surface area contributed by atoms with E-state index in [4.69, 9.17) is 6.42 Å². The molecule has 0 aliphatic carbocycles. The van der Waals surface area contributed by atoms with Crippen molar-refractivity contribution in [3.8, 4) is 12.3 Å². The molecular formula is C11H17F3N2O. The third kappa shape index (κ3) is 8.57. The van der Waals surface area contributed by atoms with Crippen LogP contribution in [0.4, 0.5) is 13.2 Å². The van der Waals surface area contributed by atoms with Gasteiger partial charge in [-0.15, -0.1) is 6.42 Å². The molecule has 0 aromatic carbocycles. The molecule has 0 rings (SSSR count). The Morgan fingerprint density at radius 1 is 1.47 bits per heavy atom.